The van der Waals surface area contributed by atoms with E-state index in [0.717, 1.165) is 34.9 Å². The zero-order valence-electron chi connectivity index (χ0n) is 12.6. The Bertz CT molecular complexity index is 584. The predicted molar refractivity (Wildman–Crippen MR) is 84.5 cm³/mol. The van der Waals surface area contributed by atoms with Crippen molar-refractivity contribution in [2.75, 3.05) is 7.11 Å². The summed E-state index contributed by atoms with van der Waals surface area (Å²) in [5, 5.41) is 1.10. The van der Waals surface area contributed by atoms with Gasteiger partial charge in [0.25, 0.3) is 0 Å². The highest BCUT2D eigenvalue weighted by molar-refractivity contribution is 7.11. The molecule has 0 spiro atoms. The number of methoxy groups -OCH3 is 1. The van der Waals surface area contributed by atoms with Crippen molar-refractivity contribution in [3.8, 4) is 5.75 Å². The van der Waals surface area contributed by atoms with Crippen LogP contribution in [-0.4, -0.2) is 12.1 Å². The lowest BCUT2D eigenvalue weighted by Gasteiger charge is -2.17. The van der Waals surface area contributed by atoms with E-state index in [0.29, 0.717) is 0 Å². The van der Waals surface area contributed by atoms with Crippen LogP contribution < -0.4 is 10.5 Å². The summed E-state index contributed by atoms with van der Waals surface area (Å²) in [5.74, 6) is 0.911. The van der Waals surface area contributed by atoms with Gasteiger partial charge in [0.15, 0.2) is 0 Å². The van der Waals surface area contributed by atoms with Crippen LogP contribution in [-0.2, 0) is 18.4 Å². The van der Waals surface area contributed by atoms with Crippen LogP contribution in [0, 0.1) is 0 Å². The van der Waals surface area contributed by atoms with Gasteiger partial charge in [-0.1, -0.05) is 25.1 Å². The van der Waals surface area contributed by atoms with Crippen LogP contribution in [0.3, 0.4) is 0 Å². The first-order valence-corrected chi connectivity index (χ1v) is 7.67. The summed E-state index contributed by atoms with van der Waals surface area (Å²) in [4.78, 5) is 5.93. The Hall–Kier alpha value is -1.39. The fourth-order valence-electron chi connectivity index (χ4n) is 2.23. The van der Waals surface area contributed by atoms with Crippen LogP contribution in [0.25, 0.3) is 0 Å². The number of para-hydroxylation sites is 1. The van der Waals surface area contributed by atoms with Gasteiger partial charge in [0.1, 0.15) is 5.75 Å². The van der Waals surface area contributed by atoms with E-state index in [4.69, 9.17) is 15.5 Å². The van der Waals surface area contributed by atoms with Gasteiger partial charge in [-0.05, 0) is 26.3 Å². The monoisotopic (exact) mass is 290 g/mol. The van der Waals surface area contributed by atoms with E-state index in [1.54, 1.807) is 18.4 Å². The number of nitrogens with zero attached hydrogens (tertiary/aromatic N) is 1. The standard InChI is InChI=1S/C16H22N2OS/c1-5-12-15(16(2,3)17)20-14(18-12)10-11-8-6-7-9-13(11)19-4/h6-9H,5,10,17H2,1-4H3. The summed E-state index contributed by atoms with van der Waals surface area (Å²) in [7, 11) is 1.70. The molecule has 0 saturated carbocycles. The molecule has 108 valence electrons. The van der Waals surface area contributed by atoms with Crippen molar-refractivity contribution in [2.24, 2.45) is 5.73 Å². The second kappa shape index (κ2) is 5.94. The lowest BCUT2D eigenvalue weighted by molar-refractivity contribution is 0.410. The van der Waals surface area contributed by atoms with Crippen molar-refractivity contribution < 1.29 is 4.74 Å². The SMILES string of the molecule is CCc1nc(Cc2ccccc2OC)sc1C(C)(C)N. The lowest BCUT2D eigenvalue weighted by atomic mass is 10.0. The van der Waals surface area contributed by atoms with Crippen LogP contribution >= 0.6 is 11.3 Å². The minimum atomic E-state index is -0.331. The molecule has 0 saturated heterocycles. The Labute approximate surface area is 124 Å². The summed E-state index contributed by atoms with van der Waals surface area (Å²) >= 11 is 1.71. The molecule has 0 aliphatic heterocycles. The molecule has 2 aromatic rings. The summed E-state index contributed by atoms with van der Waals surface area (Å²) in [6.07, 6.45) is 1.70. The van der Waals surface area contributed by atoms with E-state index in [1.165, 1.54) is 4.88 Å². The largest absolute Gasteiger partial charge is 0.496 e. The van der Waals surface area contributed by atoms with Crippen LogP contribution in [0.5, 0.6) is 5.75 Å². The molecule has 0 bridgehead atoms. The summed E-state index contributed by atoms with van der Waals surface area (Å²) < 4.78 is 5.40. The summed E-state index contributed by atoms with van der Waals surface area (Å²) in [5.41, 5.74) is 8.19. The zero-order chi connectivity index (χ0) is 14.8. The van der Waals surface area contributed by atoms with Crippen molar-refractivity contribution in [3.63, 3.8) is 0 Å². The Morgan fingerprint density at radius 2 is 2.00 bits per heavy atom. The van der Waals surface area contributed by atoms with Crippen molar-refractivity contribution in [1.82, 2.24) is 4.98 Å². The molecular weight excluding hydrogens is 268 g/mol. The number of thiazole rings is 1. The maximum absolute atomic E-state index is 6.24. The second-order valence-corrected chi connectivity index (χ2v) is 6.53. The normalized spacial score (nSPS) is 11.7. The highest BCUT2D eigenvalue weighted by Gasteiger charge is 2.22. The molecule has 3 nitrogen and oxygen atoms in total. The van der Waals surface area contributed by atoms with Crippen LogP contribution in [0.4, 0.5) is 0 Å². The summed E-state index contributed by atoms with van der Waals surface area (Å²) in [6.45, 7) is 6.19. The minimum Gasteiger partial charge on any atom is -0.496 e. The molecular formula is C16H22N2OS. The third kappa shape index (κ3) is 3.19. The number of ether oxygens (including phenoxy) is 1. The predicted octanol–water partition coefficient (Wildman–Crippen LogP) is 3.50. The molecule has 1 heterocycles. The molecule has 0 atom stereocenters. The Balaban J connectivity index is 2.33. The third-order valence-corrected chi connectivity index (χ3v) is 4.63. The number of hydrogen-bond acceptors (Lipinski definition) is 4. The maximum atomic E-state index is 6.24. The Morgan fingerprint density at radius 3 is 2.55 bits per heavy atom. The quantitative estimate of drug-likeness (QED) is 0.917. The van der Waals surface area contributed by atoms with E-state index < -0.39 is 0 Å². The second-order valence-electron chi connectivity index (χ2n) is 5.45. The van der Waals surface area contributed by atoms with Gasteiger partial charge in [-0.3, -0.25) is 0 Å². The first-order valence-electron chi connectivity index (χ1n) is 6.85. The molecule has 0 fully saturated rings. The molecule has 0 unspecified atom stereocenters. The molecule has 0 aliphatic rings. The molecule has 0 aliphatic carbocycles. The van der Waals surface area contributed by atoms with E-state index in [1.807, 2.05) is 32.0 Å². The smallest absolute Gasteiger partial charge is 0.122 e. The minimum absolute atomic E-state index is 0.331. The number of nitrogens with two attached hydrogens (primary N) is 1. The topological polar surface area (TPSA) is 48.1 Å². The summed E-state index contributed by atoms with van der Waals surface area (Å²) in [6, 6.07) is 8.08. The van der Waals surface area contributed by atoms with Gasteiger partial charge in [-0.15, -0.1) is 11.3 Å². The van der Waals surface area contributed by atoms with Gasteiger partial charge in [-0.25, -0.2) is 4.98 Å². The number of benzene rings is 1. The molecule has 0 amide bonds. The first-order chi connectivity index (χ1) is 9.45. The Morgan fingerprint density at radius 1 is 1.30 bits per heavy atom. The van der Waals surface area contributed by atoms with Crippen LogP contribution in [0.1, 0.15) is 41.9 Å². The molecule has 1 aromatic heterocycles. The third-order valence-electron chi connectivity index (χ3n) is 3.20. The number of rotatable bonds is 5. The van der Waals surface area contributed by atoms with Gasteiger partial charge >= 0.3 is 0 Å². The average molecular weight is 290 g/mol. The highest BCUT2D eigenvalue weighted by Crippen LogP contribution is 2.31. The first kappa shape index (κ1) is 15.0. The number of aryl methyl sites for hydroxylation is 1. The average Bonchev–Trinajstić information content (AvgIpc) is 2.82. The number of aromatic nitrogens is 1. The van der Waals surface area contributed by atoms with Crippen LogP contribution in [0.15, 0.2) is 24.3 Å². The van der Waals surface area contributed by atoms with Crippen LogP contribution in [0.2, 0.25) is 0 Å². The molecule has 2 rings (SSSR count). The van der Waals surface area contributed by atoms with Crippen molar-refractivity contribution >= 4 is 11.3 Å². The van der Waals surface area contributed by atoms with Gasteiger partial charge < -0.3 is 10.5 Å². The Kier molecular flexibility index (Phi) is 4.45. The fraction of sp³-hybridized carbons (Fsp3) is 0.438. The molecule has 1 aromatic carbocycles. The van der Waals surface area contributed by atoms with Gasteiger partial charge in [0.2, 0.25) is 0 Å². The van der Waals surface area contributed by atoms with Crippen molar-refractivity contribution in [2.45, 2.75) is 39.2 Å². The molecule has 4 heteroatoms. The highest BCUT2D eigenvalue weighted by atomic mass is 32.1. The lowest BCUT2D eigenvalue weighted by Crippen LogP contribution is -2.28. The van der Waals surface area contributed by atoms with Crippen molar-refractivity contribution in [1.29, 1.82) is 0 Å². The van der Waals surface area contributed by atoms with Crippen molar-refractivity contribution in [3.05, 3.63) is 45.4 Å². The van der Waals surface area contributed by atoms with Gasteiger partial charge in [0, 0.05) is 22.4 Å². The van der Waals surface area contributed by atoms with E-state index in [-0.39, 0.29) is 5.54 Å². The number of hydrogen-bond donors (Lipinski definition) is 1. The van der Waals surface area contributed by atoms with E-state index in [2.05, 4.69) is 13.0 Å². The zero-order valence-corrected chi connectivity index (χ0v) is 13.4. The molecule has 0 radical (unpaired) electrons. The van der Waals surface area contributed by atoms with E-state index in [9.17, 15) is 0 Å². The molecule has 20 heavy (non-hydrogen) atoms. The molecule has 2 N–H and O–H groups in total. The van der Waals surface area contributed by atoms with Gasteiger partial charge in [0.05, 0.1) is 17.8 Å². The fourth-order valence-corrected chi connectivity index (χ4v) is 3.42. The van der Waals surface area contributed by atoms with E-state index >= 15 is 0 Å². The maximum Gasteiger partial charge on any atom is 0.122 e. The van der Waals surface area contributed by atoms with Gasteiger partial charge in [-0.2, -0.15) is 0 Å².